The summed E-state index contributed by atoms with van der Waals surface area (Å²) in [5, 5.41) is 0. The van der Waals surface area contributed by atoms with Crippen LogP contribution in [-0.4, -0.2) is 5.92 Å². The largest absolute Gasteiger partial charge is 0.245 e. The second-order valence-corrected chi connectivity index (χ2v) is 6.57. The third-order valence-corrected chi connectivity index (χ3v) is 3.62. The average molecular weight is 248 g/mol. The van der Waals surface area contributed by atoms with Crippen LogP contribution < -0.4 is 0 Å². The van der Waals surface area contributed by atoms with Crippen LogP contribution in [0.5, 0.6) is 0 Å². The lowest BCUT2D eigenvalue weighted by Crippen LogP contribution is -2.19. The Labute approximate surface area is 106 Å². The van der Waals surface area contributed by atoms with Crippen molar-refractivity contribution >= 4 is 0 Å². The monoisotopic (exact) mass is 248 g/mol. The predicted molar refractivity (Wildman–Crippen MR) is 71.4 cm³/mol. The molecule has 0 amide bonds. The van der Waals surface area contributed by atoms with E-state index in [9.17, 15) is 8.78 Å². The summed E-state index contributed by atoms with van der Waals surface area (Å²) in [4.78, 5) is 0. The van der Waals surface area contributed by atoms with E-state index in [2.05, 4.69) is 34.6 Å². The molecule has 2 atom stereocenters. The second-order valence-electron chi connectivity index (χ2n) is 6.57. The zero-order chi connectivity index (χ0) is 13.6. The Morgan fingerprint density at radius 3 is 1.82 bits per heavy atom. The van der Waals surface area contributed by atoms with Gasteiger partial charge in [0, 0.05) is 6.42 Å². The van der Waals surface area contributed by atoms with Gasteiger partial charge in [0.2, 0.25) is 5.92 Å². The van der Waals surface area contributed by atoms with E-state index in [1.165, 1.54) is 0 Å². The van der Waals surface area contributed by atoms with Gasteiger partial charge in [0.25, 0.3) is 0 Å². The Bertz CT molecular complexity index is 192. The fourth-order valence-corrected chi connectivity index (χ4v) is 2.31. The van der Waals surface area contributed by atoms with E-state index in [4.69, 9.17) is 0 Å². The van der Waals surface area contributed by atoms with E-state index < -0.39 is 5.92 Å². The molecule has 0 rings (SSSR count). The Morgan fingerprint density at radius 1 is 0.941 bits per heavy atom. The first-order chi connectivity index (χ1) is 7.61. The van der Waals surface area contributed by atoms with E-state index in [0.29, 0.717) is 17.8 Å². The predicted octanol–water partition coefficient (Wildman–Crippen LogP) is 5.77. The van der Waals surface area contributed by atoms with Crippen LogP contribution in [0, 0.1) is 23.7 Å². The normalized spacial score (nSPS) is 16.6. The number of halogens is 2. The second kappa shape index (κ2) is 7.33. The summed E-state index contributed by atoms with van der Waals surface area (Å²) in [6, 6.07) is 0. The highest BCUT2D eigenvalue weighted by Gasteiger charge is 2.27. The van der Waals surface area contributed by atoms with E-state index >= 15 is 0 Å². The first-order valence-electron chi connectivity index (χ1n) is 6.99. The molecule has 104 valence electrons. The molecule has 0 saturated carbocycles. The van der Waals surface area contributed by atoms with Crippen molar-refractivity contribution in [2.24, 2.45) is 23.7 Å². The van der Waals surface area contributed by atoms with Crippen LogP contribution in [0.1, 0.15) is 67.2 Å². The lowest BCUT2D eigenvalue weighted by atomic mass is 9.84. The lowest BCUT2D eigenvalue weighted by molar-refractivity contribution is -0.00840. The van der Waals surface area contributed by atoms with Crippen molar-refractivity contribution in [1.29, 1.82) is 0 Å². The van der Waals surface area contributed by atoms with E-state index in [1.54, 1.807) is 0 Å². The zero-order valence-corrected chi connectivity index (χ0v) is 12.4. The van der Waals surface area contributed by atoms with E-state index in [0.717, 1.165) is 26.2 Å². The maximum Gasteiger partial charge on any atom is 0.245 e. The SMILES string of the molecule is CC(C)CC(CCC(C)C(C)C)CC(C)(F)F. The topological polar surface area (TPSA) is 0 Å². The van der Waals surface area contributed by atoms with Crippen LogP contribution in [0.2, 0.25) is 0 Å². The molecule has 0 aliphatic heterocycles. The summed E-state index contributed by atoms with van der Waals surface area (Å²) < 4.78 is 26.2. The van der Waals surface area contributed by atoms with Crippen LogP contribution in [0.3, 0.4) is 0 Å². The van der Waals surface area contributed by atoms with Crippen molar-refractivity contribution in [2.75, 3.05) is 0 Å². The highest BCUT2D eigenvalue weighted by Crippen LogP contribution is 2.31. The standard InChI is InChI=1S/C15H30F2/c1-11(2)9-14(10-15(6,16)17)8-7-13(5)12(3)4/h11-14H,7-10H2,1-6H3. The van der Waals surface area contributed by atoms with Crippen molar-refractivity contribution in [1.82, 2.24) is 0 Å². The van der Waals surface area contributed by atoms with Crippen molar-refractivity contribution in [3.63, 3.8) is 0 Å². The van der Waals surface area contributed by atoms with Crippen LogP contribution >= 0.6 is 0 Å². The first-order valence-corrected chi connectivity index (χ1v) is 6.99. The van der Waals surface area contributed by atoms with Crippen molar-refractivity contribution < 1.29 is 8.78 Å². The average Bonchev–Trinajstić information content (AvgIpc) is 2.09. The molecule has 0 spiro atoms. The van der Waals surface area contributed by atoms with Crippen LogP contribution in [0.25, 0.3) is 0 Å². The van der Waals surface area contributed by atoms with Gasteiger partial charge in [-0.15, -0.1) is 0 Å². The summed E-state index contributed by atoms with van der Waals surface area (Å²) >= 11 is 0. The molecule has 0 aromatic rings. The molecular formula is C15H30F2. The molecule has 0 fully saturated rings. The van der Waals surface area contributed by atoms with Crippen molar-refractivity contribution in [3.8, 4) is 0 Å². The van der Waals surface area contributed by atoms with E-state index in [1.807, 2.05) is 0 Å². The molecule has 0 radical (unpaired) electrons. The van der Waals surface area contributed by atoms with Crippen LogP contribution in [-0.2, 0) is 0 Å². The maximum absolute atomic E-state index is 13.1. The van der Waals surface area contributed by atoms with Crippen LogP contribution in [0.4, 0.5) is 8.78 Å². The Balaban J connectivity index is 4.20. The fourth-order valence-electron chi connectivity index (χ4n) is 2.31. The van der Waals surface area contributed by atoms with Gasteiger partial charge in [-0.1, -0.05) is 41.0 Å². The molecule has 0 nitrogen and oxygen atoms in total. The molecule has 0 aliphatic carbocycles. The number of alkyl halides is 2. The molecule has 2 heteroatoms. The minimum absolute atomic E-state index is 0.0516. The highest BCUT2D eigenvalue weighted by atomic mass is 19.3. The molecule has 0 bridgehead atoms. The molecule has 0 aromatic carbocycles. The smallest absolute Gasteiger partial charge is 0.207 e. The van der Waals surface area contributed by atoms with Crippen molar-refractivity contribution in [2.45, 2.75) is 73.1 Å². The number of hydrogen-bond acceptors (Lipinski definition) is 0. The van der Waals surface area contributed by atoms with Gasteiger partial charge in [-0.3, -0.25) is 0 Å². The van der Waals surface area contributed by atoms with Gasteiger partial charge >= 0.3 is 0 Å². The summed E-state index contributed by atoms with van der Waals surface area (Å²) in [6.45, 7) is 11.9. The molecule has 17 heavy (non-hydrogen) atoms. The van der Waals surface area contributed by atoms with Crippen LogP contribution in [0.15, 0.2) is 0 Å². The van der Waals surface area contributed by atoms with Gasteiger partial charge in [0.05, 0.1) is 0 Å². The van der Waals surface area contributed by atoms with Gasteiger partial charge in [-0.25, -0.2) is 8.78 Å². The quantitative estimate of drug-likeness (QED) is 0.512. The van der Waals surface area contributed by atoms with E-state index in [-0.39, 0.29) is 12.3 Å². The summed E-state index contributed by atoms with van der Waals surface area (Å²) in [5.74, 6) is -0.541. The van der Waals surface area contributed by atoms with Crippen molar-refractivity contribution in [3.05, 3.63) is 0 Å². The molecule has 0 aliphatic rings. The highest BCUT2D eigenvalue weighted by molar-refractivity contribution is 4.71. The third-order valence-electron chi connectivity index (χ3n) is 3.62. The van der Waals surface area contributed by atoms with Gasteiger partial charge < -0.3 is 0 Å². The lowest BCUT2D eigenvalue weighted by Gasteiger charge is -2.24. The molecular weight excluding hydrogens is 218 g/mol. The Morgan fingerprint density at radius 2 is 1.47 bits per heavy atom. The Hall–Kier alpha value is -0.140. The minimum atomic E-state index is -2.51. The molecule has 0 heterocycles. The molecule has 0 N–H and O–H groups in total. The summed E-state index contributed by atoms with van der Waals surface area (Å²) in [7, 11) is 0. The third kappa shape index (κ3) is 9.55. The minimum Gasteiger partial charge on any atom is -0.207 e. The molecule has 2 unspecified atom stereocenters. The zero-order valence-electron chi connectivity index (χ0n) is 12.4. The number of hydrogen-bond donors (Lipinski definition) is 0. The maximum atomic E-state index is 13.1. The molecule has 0 aromatic heterocycles. The first kappa shape index (κ1) is 16.9. The summed E-state index contributed by atoms with van der Waals surface area (Å²) in [6.07, 6.45) is 3.00. The number of rotatable bonds is 8. The Kier molecular flexibility index (Phi) is 7.27. The molecule has 0 saturated heterocycles. The van der Waals surface area contributed by atoms with Gasteiger partial charge in [0.1, 0.15) is 0 Å². The van der Waals surface area contributed by atoms with Gasteiger partial charge in [0.15, 0.2) is 0 Å². The van der Waals surface area contributed by atoms with Gasteiger partial charge in [-0.05, 0) is 43.4 Å². The fraction of sp³-hybridized carbons (Fsp3) is 1.00. The summed E-state index contributed by atoms with van der Waals surface area (Å²) in [5.41, 5.74) is 0. The van der Waals surface area contributed by atoms with Gasteiger partial charge in [-0.2, -0.15) is 0 Å².